The summed E-state index contributed by atoms with van der Waals surface area (Å²) in [5.74, 6) is 0.945. The van der Waals surface area contributed by atoms with Crippen LogP contribution in [0.3, 0.4) is 0 Å². The molecule has 0 bridgehead atoms. The summed E-state index contributed by atoms with van der Waals surface area (Å²) in [6, 6.07) is 18.8. The molecule has 0 atom stereocenters. The number of ether oxygens (including phenoxy) is 1. The van der Waals surface area contributed by atoms with Crippen molar-refractivity contribution in [1.29, 1.82) is 0 Å². The second-order valence-corrected chi connectivity index (χ2v) is 4.57. The molecule has 0 aliphatic rings. The number of allylic oxidation sites excluding steroid dienone is 1. The number of hydrogen-bond acceptors (Lipinski definition) is 1. The Kier molecular flexibility index (Phi) is 5.24. The third kappa shape index (κ3) is 4.63. The topological polar surface area (TPSA) is 9.23 Å². The van der Waals surface area contributed by atoms with Crippen LogP contribution in [-0.4, -0.2) is 6.61 Å². The van der Waals surface area contributed by atoms with Crippen molar-refractivity contribution >= 4 is 0 Å². The van der Waals surface area contributed by atoms with Crippen LogP contribution in [0.25, 0.3) is 0 Å². The normalized spacial score (nSPS) is 10.1. The Bertz CT molecular complexity index is 485. The van der Waals surface area contributed by atoms with Crippen molar-refractivity contribution in [1.82, 2.24) is 0 Å². The minimum absolute atomic E-state index is 0.760. The van der Waals surface area contributed by atoms with Crippen LogP contribution in [0.15, 0.2) is 67.3 Å². The van der Waals surface area contributed by atoms with Gasteiger partial charge in [-0.3, -0.25) is 0 Å². The molecule has 19 heavy (non-hydrogen) atoms. The highest BCUT2D eigenvalue weighted by Gasteiger charge is 1.96. The van der Waals surface area contributed by atoms with E-state index >= 15 is 0 Å². The summed E-state index contributed by atoms with van der Waals surface area (Å²) in [5, 5.41) is 0. The van der Waals surface area contributed by atoms with Crippen LogP contribution in [0.5, 0.6) is 5.75 Å². The van der Waals surface area contributed by atoms with Gasteiger partial charge in [0, 0.05) is 0 Å². The molecule has 0 fully saturated rings. The van der Waals surface area contributed by atoms with Crippen molar-refractivity contribution in [3.05, 3.63) is 78.4 Å². The summed E-state index contributed by atoms with van der Waals surface area (Å²) >= 11 is 0. The lowest BCUT2D eigenvalue weighted by atomic mass is 10.1. The van der Waals surface area contributed by atoms with Gasteiger partial charge in [-0.15, -0.1) is 6.58 Å². The molecule has 98 valence electrons. The predicted molar refractivity (Wildman–Crippen MR) is 80.6 cm³/mol. The van der Waals surface area contributed by atoms with Gasteiger partial charge < -0.3 is 4.74 Å². The van der Waals surface area contributed by atoms with Gasteiger partial charge in [0.15, 0.2) is 0 Å². The molecule has 0 saturated carbocycles. The molecule has 0 aromatic heterocycles. The van der Waals surface area contributed by atoms with Gasteiger partial charge in [0.1, 0.15) is 5.75 Å². The van der Waals surface area contributed by atoms with Gasteiger partial charge in [0.25, 0.3) is 0 Å². The molecular weight excluding hydrogens is 232 g/mol. The van der Waals surface area contributed by atoms with E-state index in [0.717, 1.165) is 31.6 Å². The first-order valence-electron chi connectivity index (χ1n) is 6.75. The average molecular weight is 252 g/mol. The van der Waals surface area contributed by atoms with Gasteiger partial charge in [-0.2, -0.15) is 0 Å². The molecule has 1 nitrogen and oxygen atoms in total. The Morgan fingerprint density at radius 3 is 2.32 bits per heavy atom. The van der Waals surface area contributed by atoms with E-state index < -0.39 is 0 Å². The van der Waals surface area contributed by atoms with E-state index in [-0.39, 0.29) is 0 Å². The van der Waals surface area contributed by atoms with E-state index in [4.69, 9.17) is 4.74 Å². The van der Waals surface area contributed by atoms with Crippen LogP contribution in [0.4, 0.5) is 0 Å². The summed E-state index contributed by atoms with van der Waals surface area (Å²) in [7, 11) is 0. The predicted octanol–water partition coefficient (Wildman–Crippen LogP) is 4.43. The van der Waals surface area contributed by atoms with Crippen molar-refractivity contribution in [2.24, 2.45) is 0 Å². The maximum absolute atomic E-state index is 5.74. The lowest BCUT2D eigenvalue weighted by Crippen LogP contribution is -1.99. The van der Waals surface area contributed by atoms with Crippen molar-refractivity contribution in [3.8, 4) is 5.75 Å². The standard InChI is InChI=1S/C18H20O/c1-2-7-16-11-13-18(14-12-16)19-15-6-10-17-8-4-3-5-9-17/h2-5,8-9,11-14H,1,6-7,10,15H2. The molecule has 0 unspecified atom stereocenters. The van der Waals surface area contributed by atoms with E-state index in [0.29, 0.717) is 0 Å². The summed E-state index contributed by atoms with van der Waals surface area (Å²) in [4.78, 5) is 0. The van der Waals surface area contributed by atoms with Crippen molar-refractivity contribution in [2.75, 3.05) is 6.61 Å². The number of rotatable bonds is 7. The number of aryl methyl sites for hydroxylation is 1. The Morgan fingerprint density at radius 1 is 0.895 bits per heavy atom. The lowest BCUT2D eigenvalue weighted by Gasteiger charge is -2.07. The van der Waals surface area contributed by atoms with Crippen molar-refractivity contribution in [2.45, 2.75) is 19.3 Å². The fourth-order valence-electron chi connectivity index (χ4n) is 2.00. The zero-order valence-corrected chi connectivity index (χ0v) is 11.2. The van der Waals surface area contributed by atoms with Gasteiger partial charge in [-0.1, -0.05) is 48.5 Å². The third-order valence-corrected chi connectivity index (χ3v) is 3.02. The van der Waals surface area contributed by atoms with Gasteiger partial charge in [-0.25, -0.2) is 0 Å². The molecular formula is C18H20O. The molecule has 0 radical (unpaired) electrons. The molecule has 0 heterocycles. The average Bonchev–Trinajstić information content (AvgIpc) is 2.47. The van der Waals surface area contributed by atoms with Crippen LogP contribution >= 0.6 is 0 Å². The van der Waals surface area contributed by atoms with E-state index in [1.807, 2.05) is 24.3 Å². The van der Waals surface area contributed by atoms with Crippen LogP contribution < -0.4 is 4.74 Å². The maximum atomic E-state index is 5.74. The lowest BCUT2D eigenvalue weighted by molar-refractivity contribution is 0.311. The molecule has 0 spiro atoms. The summed E-state index contributed by atoms with van der Waals surface area (Å²) in [5.41, 5.74) is 2.64. The van der Waals surface area contributed by atoms with E-state index in [1.54, 1.807) is 0 Å². The largest absolute Gasteiger partial charge is 0.494 e. The molecule has 2 rings (SSSR count). The van der Waals surface area contributed by atoms with Gasteiger partial charge in [-0.05, 0) is 42.5 Å². The summed E-state index contributed by atoms with van der Waals surface area (Å²) in [6.07, 6.45) is 4.93. The second kappa shape index (κ2) is 7.42. The number of hydrogen-bond donors (Lipinski definition) is 0. The van der Waals surface area contributed by atoms with Crippen LogP contribution in [-0.2, 0) is 12.8 Å². The molecule has 0 saturated heterocycles. The highest BCUT2D eigenvalue weighted by molar-refractivity contribution is 5.28. The van der Waals surface area contributed by atoms with Crippen molar-refractivity contribution < 1.29 is 4.74 Å². The monoisotopic (exact) mass is 252 g/mol. The summed E-state index contributed by atoms with van der Waals surface area (Å²) < 4.78 is 5.74. The zero-order chi connectivity index (χ0) is 13.3. The molecule has 2 aromatic rings. The first-order valence-corrected chi connectivity index (χ1v) is 6.75. The molecule has 0 N–H and O–H groups in total. The van der Waals surface area contributed by atoms with Crippen LogP contribution in [0.2, 0.25) is 0 Å². The Morgan fingerprint density at radius 2 is 1.63 bits per heavy atom. The number of benzene rings is 2. The highest BCUT2D eigenvalue weighted by Crippen LogP contribution is 2.13. The first kappa shape index (κ1) is 13.4. The van der Waals surface area contributed by atoms with Gasteiger partial charge >= 0.3 is 0 Å². The third-order valence-electron chi connectivity index (χ3n) is 3.02. The minimum atomic E-state index is 0.760. The minimum Gasteiger partial charge on any atom is -0.494 e. The molecule has 0 amide bonds. The van der Waals surface area contributed by atoms with Crippen LogP contribution in [0.1, 0.15) is 17.5 Å². The highest BCUT2D eigenvalue weighted by atomic mass is 16.5. The van der Waals surface area contributed by atoms with Crippen LogP contribution in [0, 0.1) is 0 Å². The fourth-order valence-corrected chi connectivity index (χ4v) is 2.00. The van der Waals surface area contributed by atoms with E-state index in [9.17, 15) is 0 Å². The van der Waals surface area contributed by atoms with E-state index in [2.05, 4.69) is 43.0 Å². The Hall–Kier alpha value is -2.02. The van der Waals surface area contributed by atoms with Gasteiger partial charge in [0.2, 0.25) is 0 Å². The molecule has 0 aliphatic carbocycles. The second-order valence-electron chi connectivity index (χ2n) is 4.57. The molecule has 1 heteroatoms. The smallest absolute Gasteiger partial charge is 0.119 e. The SMILES string of the molecule is C=CCc1ccc(OCCCc2ccccc2)cc1. The zero-order valence-electron chi connectivity index (χ0n) is 11.2. The van der Waals surface area contributed by atoms with Crippen molar-refractivity contribution in [3.63, 3.8) is 0 Å². The first-order chi connectivity index (χ1) is 9.38. The summed E-state index contributed by atoms with van der Waals surface area (Å²) in [6.45, 7) is 4.50. The Balaban J connectivity index is 1.72. The van der Waals surface area contributed by atoms with Gasteiger partial charge in [0.05, 0.1) is 6.61 Å². The quantitative estimate of drug-likeness (QED) is 0.523. The van der Waals surface area contributed by atoms with E-state index in [1.165, 1.54) is 11.1 Å². The fraction of sp³-hybridized carbons (Fsp3) is 0.222. The molecule has 0 aliphatic heterocycles. The molecule has 2 aromatic carbocycles. The Labute approximate surface area is 115 Å². The maximum Gasteiger partial charge on any atom is 0.119 e.